The van der Waals surface area contributed by atoms with E-state index in [0.717, 1.165) is 18.4 Å². The summed E-state index contributed by atoms with van der Waals surface area (Å²) < 4.78 is 0. The molecular weight excluding hydrogens is 284 g/mol. The molecule has 2 rings (SSSR count). The number of non-ortho nitro benzene ring substituents is 1. The molecule has 0 amide bonds. The van der Waals surface area contributed by atoms with Crippen molar-refractivity contribution >= 4 is 17.0 Å². The fraction of sp³-hybridized carbons (Fsp3) is 0.375. The fourth-order valence-corrected chi connectivity index (χ4v) is 3.16. The van der Waals surface area contributed by atoms with Gasteiger partial charge in [0.2, 0.25) is 0 Å². The smallest absolute Gasteiger partial charge is 0.269 e. The number of hydrogen-bond donors (Lipinski definition) is 1. The summed E-state index contributed by atoms with van der Waals surface area (Å²) in [4.78, 5) is 11.9. The van der Waals surface area contributed by atoms with Crippen LogP contribution in [0.15, 0.2) is 41.8 Å². The van der Waals surface area contributed by atoms with Gasteiger partial charge >= 0.3 is 0 Å². The van der Waals surface area contributed by atoms with Crippen molar-refractivity contribution in [1.29, 1.82) is 0 Å². The molecule has 0 aliphatic carbocycles. The largest absolute Gasteiger partial charge is 0.303 e. The number of nitrogens with one attached hydrogen (secondary N) is 1. The minimum absolute atomic E-state index is 0.131. The Morgan fingerprint density at radius 2 is 2.14 bits per heavy atom. The number of nitro groups is 1. The van der Waals surface area contributed by atoms with Crippen molar-refractivity contribution in [2.45, 2.75) is 38.8 Å². The van der Waals surface area contributed by atoms with Crippen molar-refractivity contribution in [3.05, 3.63) is 62.3 Å². The third-order valence-corrected chi connectivity index (χ3v) is 4.54. The highest BCUT2D eigenvalue weighted by molar-refractivity contribution is 7.10. The standard InChI is InChI=1S/C16H20N2O2S/c1-3-6-15(17-12(2)16-9-5-10-21-16)13-7-4-8-14(11-13)18(19)20/h4-5,7-12,15,17H,3,6H2,1-2H3/t12-,15?/m1/s1. The third kappa shape index (κ3) is 4.12. The Morgan fingerprint density at radius 1 is 1.33 bits per heavy atom. The summed E-state index contributed by atoms with van der Waals surface area (Å²) in [6.07, 6.45) is 1.98. The van der Waals surface area contributed by atoms with E-state index >= 15 is 0 Å². The van der Waals surface area contributed by atoms with E-state index in [1.165, 1.54) is 10.9 Å². The van der Waals surface area contributed by atoms with E-state index in [4.69, 9.17) is 0 Å². The molecule has 0 saturated heterocycles. The Kier molecular flexibility index (Phi) is 5.47. The Hall–Kier alpha value is -1.72. The van der Waals surface area contributed by atoms with Crippen LogP contribution in [0.5, 0.6) is 0 Å². The first-order valence-corrected chi connectivity index (χ1v) is 8.03. The Morgan fingerprint density at radius 3 is 2.76 bits per heavy atom. The van der Waals surface area contributed by atoms with Crippen LogP contribution in [0.25, 0.3) is 0 Å². The summed E-state index contributed by atoms with van der Waals surface area (Å²) in [5.74, 6) is 0. The van der Waals surface area contributed by atoms with Gasteiger partial charge in [0.25, 0.3) is 5.69 Å². The lowest BCUT2D eigenvalue weighted by molar-refractivity contribution is -0.384. The van der Waals surface area contributed by atoms with E-state index < -0.39 is 0 Å². The zero-order valence-corrected chi connectivity index (χ0v) is 13.1. The van der Waals surface area contributed by atoms with Crippen molar-refractivity contribution in [2.24, 2.45) is 0 Å². The number of nitro benzene ring substituents is 1. The number of benzene rings is 1. The van der Waals surface area contributed by atoms with Crippen molar-refractivity contribution in [1.82, 2.24) is 5.32 Å². The fourth-order valence-electron chi connectivity index (χ4n) is 2.41. The summed E-state index contributed by atoms with van der Waals surface area (Å²) in [6, 6.07) is 11.4. The summed E-state index contributed by atoms with van der Waals surface area (Å²) in [6.45, 7) is 4.26. The monoisotopic (exact) mass is 304 g/mol. The lowest BCUT2D eigenvalue weighted by atomic mass is 10.0. The quantitative estimate of drug-likeness (QED) is 0.587. The molecule has 21 heavy (non-hydrogen) atoms. The van der Waals surface area contributed by atoms with Gasteiger partial charge in [-0.1, -0.05) is 31.5 Å². The number of thiophene rings is 1. The van der Waals surface area contributed by atoms with E-state index in [-0.39, 0.29) is 22.7 Å². The molecule has 0 saturated carbocycles. The topological polar surface area (TPSA) is 55.2 Å². The molecule has 2 aromatic rings. The Labute approximate surface area is 129 Å². The first kappa shape index (κ1) is 15.7. The van der Waals surface area contributed by atoms with Gasteiger partial charge in [-0.15, -0.1) is 11.3 Å². The molecule has 5 heteroatoms. The summed E-state index contributed by atoms with van der Waals surface area (Å²) in [5, 5.41) is 16.6. The van der Waals surface area contributed by atoms with Crippen molar-refractivity contribution < 1.29 is 4.92 Å². The number of hydrogen-bond acceptors (Lipinski definition) is 4. The van der Waals surface area contributed by atoms with Crippen LogP contribution in [0.4, 0.5) is 5.69 Å². The average molecular weight is 304 g/mol. The van der Waals surface area contributed by atoms with Gasteiger partial charge in [0.1, 0.15) is 0 Å². The molecule has 1 aromatic carbocycles. The molecule has 0 spiro atoms. The molecular formula is C16H20N2O2S. The SMILES string of the molecule is CCCC(N[C@H](C)c1cccs1)c1cccc([N+](=O)[O-])c1. The highest BCUT2D eigenvalue weighted by atomic mass is 32.1. The molecule has 0 bridgehead atoms. The van der Waals surface area contributed by atoms with E-state index in [9.17, 15) is 10.1 Å². The zero-order chi connectivity index (χ0) is 15.2. The van der Waals surface area contributed by atoms with Crippen LogP contribution in [0.3, 0.4) is 0 Å². The third-order valence-electron chi connectivity index (χ3n) is 3.48. The molecule has 4 nitrogen and oxygen atoms in total. The maximum absolute atomic E-state index is 10.9. The summed E-state index contributed by atoms with van der Waals surface area (Å²) >= 11 is 1.72. The molecule has 1 heterocycles. The lowest BCUT2D eigenvalue weighted by Gasteiger charge is -2.23. The zero-order valence-electron chi connectivity index (χ0n) is 12.3. The number of nitrogens with zero attached hydrogens (tertiary/aromatic N) is 1. The van der Waals surface area contributed by atoms with Gasteiger partial charge in [-0.25, -0.2) is 0 Å². The number of rotatable bonds is 7. The molecule has 0 radical (unpaired) electrons. The van der Waals surface area contributed by atoms with Gasteiger partial charge in [0.15, 0.2) is 0 Å². The molecule has 0 fully saturated rings. The normalized spacial score (nSPS) is 13.8. The Balaban J connectivity index is 2.18. The second-order valence-corrected chi connectivity index (χ2v) is 6.08. The molecule has 112 valence electrons. The van der Waals surface area contributed by atoms with Gasteiger partial charge in [-0.3, -0.25) is 10.1 Å². The highest BCUT2D eigenvalue weighted by Crippen LogP contribution is 2.27. The highest BCUT2D eigenvalue weighted by Gasteiger charge is 2.17. The molecule has 0 aliphatic rings. The van der Waals surface area contributed by atoms with E-state index in [2.05, 4.69) is 30.6 Å². The maximum Gasteiger partial charge on any atom is 0.269 e. The molecule has 1 N–H and O–H groups in total. The molecule has 1 unspecified atom stereocenters. The first-order valence-electron chi connectivity index (χ1n) is 7.15. The van der Waals surface area contributed by atoms with Crippen molar-refractivity contribution in [2.75, 3.05) is 0 Å². The van der Waals surface area contributed by atoms with Crippen LogP contribution in [-0.4, -0.2) is 4.92 Å². The molecule has 1 aromatic heterocycles. The van der Waals surface area contributed by atoms with Crippen LogP contribution in [-0.2, 0) is 0 Å². The van der Waals surface area contributed by atoms with E-state index in [1.54, 1.807) is 23.5 Å². The van der Waals surface area contributed by atoms with Crippen LogP contribution in [0.1, 0.15) is 49.2 Å². The second-order valence-electron chi connectivity index (χ2n) is 5.10. The predicted molar refractivity (Wildman–Crippen MR) is 86.6 cm³/mol. The summed E-state index contributed by atoms with van der Waals surface area (Å²) in [7, 11) is 0. The molecule has 2 atom stereocenters. The van der Waals surface area contributed by atoms with Gasteiger partial charge in [-0.2, -0.15) is 0 Å². The van der Waals surface area contributed by atoms with Gasteiger partial charge in [0, 0.05) is 29.1 Å². The van der Waals surface area contributed by atoms with Gasteiger partial charge in [0.05, 0.1) is 4.92 Å². The van der Waals surface area contributed by atoms with E-state index in [0.29, 0.717) is 0 Å². The second kappa shape index (κ2) is 7.33. The van der Waals surface area contributed by atoms with Crippen LogP contribution in [0, 0.1) is 10.1 Å². The predicted octanol–water partition coefficient (Wildman–Crippen LogP) is 4.85. The van der Waals surface area contributed by atoms with E-state index in [1.807, 2.05) is 12.1 Å². The van der Waals surface area contributed by atoms with Crippen LogP contribution >= 0.6 is 11.3 Å². The minimum atomic E-state index is -0.338. The minimum Gasteiger partial charge on any atom is -0.303 e. The first-order chi connectivity index (χ1) is 10.1. The maximum atomic E-state index is 10.9. The Bertz CT molecular complexity index is 584. The van der Waals surface area contributed by atoms with Gasteiger partial charge < -0.3 is 5.32 Å². The van der Waals surface area contributed by atoms with Crippen molar-refractivity contribution in [3.8, 4) is 0 Å². The summed E-state index contributed by atoms with van der Waals surface area (Å²) in [5.41, 5.74) is 1.13. The average Bonchev–Trinajstić information content (AvgIpc) is 3.01. The van der Waals surface area contributed by atoms with Crippen LogP contribution < -0.4 is 5.32 Å². The molecule has 0 aliphatic heterocycles. The lowest BCUT2D eigenvalue weighted by Crippen LogP contribution is -2.24. The van der Waals surface area contributed by atoms with Crippen molar-refractivity contribution in [3.63, 3.8) is 0 Å². The van der Waals surface area contributed by atoms with Gasteiger partial charge in [-0.05, 0) is 30.4 Å². The van der Waals surface area contributed by atoms with Crippen LogP contribution in [0.2, 0.25) is 0 Å².